The molecule has 0 aliphatic carbocycles. The molecule has 0 atom stereocenters. The molecule has 18 nitrogen and oxygen atoms in total. The lowest BCUT2D eigenvalue weighted by Gasteiger charge is -2.21. The van der Waals surface area contributed by atoms with Crippen LogP contribution in [0.4, 0.5) is 0 Å². The smallest absolute Gasteiger partial charge is 0.516 e. The predicted octanol–water partition coefficient (Wildman–Crippen LogP) is -7.42. The molecular weight excluding hydrogens is 745 g/mol. The first-order valence-electron chi connectivity index (χ1n) is 8.42. The van der Waals surface area contributed by atoms with Gasteiger partial charge in [-0.1, -0.05) is 0 Å². The Hall–Kier alpha value is 0.133. The summed E-state index contributed by atoms with van der Waals surface area (Å²) in [6.45, 7) is 0. The van der Waals surface area contributed by atoms with E-state index in [4.69, 9.17) is 17.4 Å². The topological polar surface area (TPSA) is 276 Å². The molecule has 190 valence electrons. The van der Waals surface area contributed by atoms with E-state index < -0.39 is 119 Å². The molecule has 0 unspecified atom stereocenters. The Kier molecular flexibility index (Phi) is 16.3. The zero-order valence-electron chi connectivity index (χ0n) is 17.9. The number of rotatable bonds is 18. The van der Waals surface area contributed by atoms with Crippen LogP contribution in [0.5, 0.6) is 0 Å². The van der Waals surface area contributed by atoms with E-state index in [0.717, 1.165) is 21.3 Å². The van der Waals surface area contributed by atoms with Crippen LogP contribution >= 0.6 is 0 Å². The maximum atomic E-state index is 12.3. The van der Waals surface area contributed by atoms with Crippen molar-refractivity contribution in [2.45, 2.75) is 0 Å². The molecular formula is C3H10O18Si15. The van der Waals surface area contributed by atoms with E-state index in [0.29, 0.717) is 0 Å². The van der Waals surface area contributed by atoms with Crippen LogP contribution < -0.4 is 0 Å². The van der Waals surface area contributed by atoms with Gasteiger partial charge in [0.25, 0.3) is 0 Å². The van der Waals surface area contributed by atoms with Gasteiger partial charge in [0.15, 0.2) is 0 Å². The summed E-state index contributed by atoms with van der Waals surface area (Å²) in [5.74, 6) is 0. The summed E-state index contributed by atoms with van der Waals surface area (Å²) in [5.41, 5.74) is 0. The summed E-state index contributed by atoms with van der Waals surface area (Å²) in [6, 6.07) is 0. The fraction of sp³-hybridized carbons (Fsp3) is 1.00. The van der Waals surface area contributed by atoms with Gasteiger partial charge in [0, 0.05) is 21.3 Å². The van der Waals surface area contributed by atoms with E-state index in [9.17, 15) is 62.5 Å². The van der Waals surface area contributed by atoms with Crippen molar-refractivity contribution in [3.8, 4) is 0 Å². The van der Waals surface area contributed by atoms with Crippen molar-refractivity contribution in [1.82, 2.24) is 0 Å². The first kappa shape index (κ1) is 36.1. The van der Waals surface area contributed by atoms with Gasteiger partial charge < -0.3 is 79.9 Å². The van der Waals surface area contributed by atoms with E-state index in [1.165, 1.54) is 0 Å². The molecule has 0 N–H and O–H groups in total. The fourth-order valence-electron chi connectivity index (χ4n) is 1.72. The van der Waals surface area contributed by atoms with Crippen molar-refractivity contribution in [3.05, 3.63) is 0 Å². The second-order valence-electron chi connectivity index (χ2n) is 5.60. The molecule has 0 aromatic carbocycles. The van der Waals surface area contributed by atoms with E-state index in [1.807, 2.05) is 0 Å². The van der Waals surface area contributed by atoms with Crippen molar-refractivity contribution < 1.29 is 79.9 Å². The van der Waals surface area contributed by atoms with Gasteiger partial charge in [-0.05, 0) is 0 Å². The van der Waals surface area contributed by atoms with E-state index >= 15 is 0 Å². The molecule has 33 heteroatoms. The lowest BCUT2D eigenvalue weighted by atomic mass is 11.8. The van der Waals surface area contributed by atoms with Gasteiger partial charge in [0.05, 0.1) is 0 Å². The maximum absolute atomic E-state index is 12.3. The molecule has 0 aromatic heterocycles. The zero-order valence-corrected chi connectivity index (χ0v) is 33.1. The molecule has 0 aliphatic rings. The summed E-state index contributed by atoms with van der Waals surface area (Å²) in [5, 5.41) is 0. The molecule has 0 spiro atoms. The van der Waals surface area contributed by atoms with Crippen LogP contribution in [0.25, 0.3) is 0 Å². The minimum Gasteiger partial charge on any atom is -0.516 e. The van der Waals surface area contributed by atoms with Crippen molar-refractivity contribution in [2.75, 3.05) is 21.3 Å². The quantitative estimate of drug-likeness (QED) is 0.118. The van der Waals surface area contributed by atoms with E-state index in [2.05, 4.69) is 0 Å². The van der Waals surface area contributed by atoms with Crippen LogP contribution in [0.1, 0.15) is 0 Å². The zero-order chi connectivity index (χ0) is 28.5. The minimum absolute atomic E-state index is 1.02. The molecule has 0 aliphatic heterocycles. The van der Waals surface area contributed by atoms with Crippen molar-refractivity contribution in [3.63, 3.8) is 0 Å². The lowest BCUT2D eigenvalue weighted by molar-refractivity contribution is 0.0494. The first-order chi connectivity index (χ1) is 16.6. The van der Waals surface area contributed by atoms with Crippen molar-refractivity contribution >= 4 is 119 Å². The van der Waals surface area contributed by atoms with Gasteiger partial charge in [-0.15, -0.1) is 0 Å². The summed E-state index contributed by atoms with van der Waals surface area (Å²) >= 11 is 0. The second kappa shape index (κ2) is 16.3. The highest BCUT2D eigenvalue weighted by Crippen LogP contribution is 2.07. The molecule has 0 heterocycles. The average molecular weight is 755 g/mol. The third kappa shape index (κ3) is 9.11. The Morgan fingerprint density at radius 3 is 0.944 bits per heavy atom. The van der Waals surface area contributed by atoms with E-state index in [-0.39, 0.29) is 0 Å². The first-order valence-corrected chi connectivity index (χ1v) is 42.6. The molecule has 0 amide bonds. The van der Waals surface area contributed by atoms with Gasteiger partial charge in [-0.2, -0.15) is 0 Å². The largest absolute Gasteiger partial charge is 0.736 e. The van der Waals surface area contributed by atoms with Gasteiger partial charge >= 0.3 is 119 Å². The Balaban J connectivity index is 5.57. The lowest BCUT2D eigenvalue weighted by Crippen LogP contribution is -2.56. The second-order valence-corrected chi connectivity index (χ2v) is 70.6. The summed E-state index contributed by atoms with van der Waals surface area (Å²) in [7, 11) is -54.8. The van der Waals surface area contributed by atoms with Gasteiger partial charge in [-0.3, -0.25) is 0 Å². The number of hydrogen-bond acceptors (Lipinski definition) is 18. The molecule has 0 rings (SSSR count). The monoisotopic (exact) mass is 754 g/mol. The third-order valence-corrected chi connectivity index (χ3v) is 102. The van der Waals surface area contributed by atoms with Crippen LogP contribution in [0.3, 0.4) is 0 Å². The molecule has 0 radical (unpaired) electrons. The Morgan fingerprint density at radius 2 is 0.694 bits per heavy atom. The van der Waals surface area contributed by atoms with E-state index in [1.54, 1.807) is 0 Å². The van der Waals surface area contributed by atoms with Gasteiger partial charge in [0.2, 0.25) is 0 Å². The number of hydrogen-bond donors (Lipinski definition) is 0. The highest BCUT2D eigenvalue weighted by Gasteiger charge is 2.55. The Morgan fingerprint density at radius 1 is 0.444 bits per heavy atom. The van der Waals surface area contributed by atoms with Crippen LogP contribution in [0.15, 0.2) is 0 Å². The SMILES string of the molecule is CO[Si](OC)(OC)O[Si](=O)[Si](=O)[Si](=O)[Si](=O)[Si](=O)[Si](=O)[Si](=O)[Si](=O)[Si](=O)[Si](=O)[Si](=O)[Si](=O)[Si](=O)[SiH]=O. The normalized spacial score (nSPS) is 10.3. The van der Waals surface area contributed by atoms with Crippen molar-refractivity contribution in [2.24, 2.45) is 0 Å². The summed E-state index contributed by atoms with van der Waals surface area (Å²) in [4.78, 5) is 0. The summed E-state index contributed by atoms with van der Waals surface area (Å²) in [6.07, 6.45) is 0. The molecule has 0 aromatic rings. The minimum atomic E-state index is -4.18. The van der Waals surface area contributed by atoms with Crippen LogP contribution in [0, 0.1) is 0 Å². The molecule has 0 bridgehead atoms. The molecule has 0 saturated heterocycles. The third-order valence-electron chi connectivity index (χ3n) is 3.55. The summed E-state index contributed by atoms with van der Waals surface area (Å²) < 4.78 is 187. The Bertz CT molecular complexity index is 1160. The van der Waals surface area contributed by atoms with Gasteiger partial charge in [0.1, 0.15) is 0 Å². The molecule has 0 fully saturated rings. The average Bonchev–Trinajstić information content (AvgIpc) is 2.90. The standard InChI is InChI=1S/C3H10O18Si15/c1-18-36(19-2,20-3)21-23(5)25(7)27(9)29(11)31(13)33(15)35(17)34(16)32(14)30(12)28(10)26(8)24(6)22-4/h22H,1-3H3. The Labute approximate surface area is 219 Å². The highest BCUT2D eigenvalue weighted by molar-refractivity contribution is 7.79. The van der Waals surface area contributed by atoms with Crippen LogP contribution in [-0.2, 0) is 79.9 Å². The van der Waals surface area contributed by atoms with Crippen LogP contribution in [0.2, 0.25) is 0 Å². The highest BCUT2D eigenvalue weighted by atomic mass is 30.1. The maximum Gasteiger partial charge on any atom is 0.736 e. The predicted molar refractivity (Wildman–Crippen MR) is 119 cm³/mol. The van der Waals surface area contributed by atoms with Crippen LogP contribution in [-0.4, -0.2) is 140 Å². The molecule has 0 saturated carbocycles. The fourth-order valence-corrected chi connectivity index (χ4v) is 139. The van der Waals surface area contributed by atoms with Crippen molar-refractivity contribution in [1.29, 1.82) is 0 Å². The van der Waals surface area contributed by atoms with Gasteiger partial charge in [-0.25, -0.2) is 0 Å². The molecule has 36 heavy (non-hydrogen) atoms.